The summed E-state index contributed by atoms with van der Waals surface area (Å²) in [6.45, 7) is 18.3. The second-order valence-electron chi connectivity index (χ2n) is 14.8. The van der Waals surface area contributed by atoms with Gasteiger partial charge in [-0.05, 0) is 56.7 Å². The summed E-state index contributed by atoms with van der Waals surface area (Å²) in [4.78, 5) is 9.28. The van der Waals surface area contributed by atoms with Crippen molar-refractivity contribution >= 4 is 35.2 Å². The van der Waals surface area contributed by atoms with Gasteiger partial charge in [-0.25, -0.2) is 0 Å². The summed E-state index contributed by atoms with van der Waals surface area (Å²) in [5, 5.41) is 3.68. The number of benzene rings is 4. The standard InChI is InChI=1S/C27H22NO.C17H22NSi.Ir/c1-27(2,3)20-14-15-28-24(17-20)23-11-7-10-22-21-13-12-19(16-25(21)29-26(22)23)18-8-5-4-6-9-18;1-13(2)15-11-16(14-9-7-6-8-10-14)18-12-17(15)19(3,4)5;/h4-10,12-17H,1-3H3;6-9,11-13H,1-5H3;/q2*-1;. The fourth-order valence-corrected chi connectivity index (χ4v) is 7.73. The molecular weight excluding hydrogens is 793 g/mol. The van der Waals surface area contributed by atoms with Gasteiger partial charge in [0.1, 0.15) is 5.58 Å². The van der Waals surface area contributed by atoms with Crippen molar-refractivity contribution in [1.82, 2.24) is 9.97 Å². The van der Waals surface area contributed by atoms with E-state index in [9.17, 15) is 0 Å². The quantitative estimate of drug-likeness (QED) is 0.128. The van der Waals surface area contributed by atoms with Crippen molar-refractivity contribution in [3.63, 3.8) is 0 Å². The third kappa shape index (κ3) is 8.02. The summed E-state index contributed by atoms with van der Waals surface area (Å²) in [6, 6.07) is 42.0. The molecule has 3 nitrogen and oxygen atoms in total. The van der Waals surface area contributed by atoms with Crippen molar-refractivity contribution in [1.29, 1.82) is 0 Å². The summed E-state index contributed by atoms with van der Waals surface area (Å²) in [6.07, 6.45) is 3.97. The Labute approximate surface area is 306 Å². The van der Waals surface area contributed by atoms with Gasteiger partial charge in [-0.2, -0.15) is 0 Å². The summed E-state index contributed by atoms with van der Waals surface area (Å²) in [5.41, 5.74) is 10.7. The van der Waals surface area contributed by atoms with Crippen LogP contribution in [0.25, 0.3) is 55.6 Å². The van der Waals surface area contributed by atoms with E-state index in [1.54, 1.807) is 0 Å². The Kier molecular flexibility index (Phi) is 10.9. The number of rotatable bonds is 5. The van der Waals surface area contributed by atoms with Gasteiger partial charge in [-0.1, -0.05) is 125 Å². The number of hydrogen-bond acceptors (Lipinski definition) is 3. The molecule has 49 heavy (non-hydrogen) atoms. The maximum absolute atomic E-state index is 6.35. The Morgan fingerprint density at radius 3 is 2.14 bits per heavy atom. The van der Waals surface area contributed by atoms with E-state index in [1.165, 1.54) is 21.9 Å². The van der Waals surface area contributed by atoms with Crippen LogP contribution in [0.4, 0.5) is 0 Å². The molecule has 3 aromatic heterocycles. The van der Waals surface area contributed by atoms with Crippen LogP contribution in [-0.2, 0) is 25.5 Å². The van der Waals surface area contributed by atoms with Gasteiger partial charge in [0.25, 0.3) is 0 Å². The van der Waals surface area contributed by atoms with E-state index in [2.05, 4.69) is 155 Å². The maximum Gasteiger partial charge on any atom is 0.121 e. The summed E-state index contributed by atoms with van der Waals surface area (Å²) in [5.74, 6) is 0.534. The molecule has 0 unspecified atom stereocenters. The van der Waals surface area contributed by atoms with Gasteiger partial charge in [-0.3, -0.25) is 0 Å². The van der Waals surface area contributed by atoms with Gasteiger partial charge in [0.05, 0.1) is 13.7 Å². The fourth-order valence-electron chi connectivity index (χ4n) is 6.05. The van der Waals surface area contributed by atoms with Crippen LogP contribution in [0.2, 0.25) is 19.6 Å². The van der Waals surface area contributed by atoms with Gasteiger partial charge in [0, 0.05) is 37.9 Å². The first-order chi connectivity index (χ1) is 22.9. The Balaban J connectivity index is 0.000000205. The molecule has 251 valence electrons. The number of fused-ring (bicyclic) bond motifs is 3. The van der Waals surface area contributed by atoms with Crippen LogP contribution in [0.15, 0.2) is 120 Å². The van der Waals surface area contributed by atoms with E-state index in [-0.39, 0.29) is 25.5 Å². The summed E-state index contributed by atoms with van der Waals surface area (Å²) >= 11 is 0. The first kappa shape index (κ1) is 36.1. The monoisotopic (exact) mass is 837 g/mol. The fraction of sp³-hybridized carbons (Fsp3) is 0.227. The second kappa shape index (κ2) is 14.8. The molecule has 0 N–H and O–H groups in total. The van der Waals surface area contributed by atoms with Crippen LogP contribution < -0.4 is 5.19 Å². The molecule has 0 aliphatic carbocycles. The summed E-state index contributed by atoms with van der Waals surface area (Å²) in [7, 11) is -1.34. The van der Waals surface area contributed by atoms with Crippen molar-refractivity contribution in [3.05, 3.63) is 139 Å². The molecule has 3 heterocycles. The van der Waals surface area contributed by atoms with Crippen molar-refractivity contribution in [2.45, 2.75) is 65.6 Å². The zero-order valence-corrected chi connectivity index (χ0v) is 33.1. The molecule has 4 aromatic carbocycles. The molecule has 0 atom stereocenters. The second-order valence-corrected chi connectivity index (χ2v) is 19.8. The van der Waals surface area contributed by atoms with E-state index in [0.29, 0.717) is 5.92 Å². The molecule has 0 aliphatic heterocycles. The molecule has 7 rings (SSSR count). The third-order valence-corrected chi connectivity index (χ3v) is 10.8. The van der Waals surface area contributed by atoms with Crippen LogP contribution in [0.5, 0.6) is 0 Å². The van der Waals surface area contributed by atoms with Gasteiger partial charge >= 0.3 is 0 Å². The van der Waals surface area contributed by atoms with Crippen LogP contribution in [0, 0.1) is 12.1 Å². The molecule has 0 saturated heterocycles. The first-order valence-corrected chi connectivity index (χ1v) is 20.3. The molecule has 5 heteroatoms. The van der Waals surface area contributed by atoms with Gasteiger partial charge in [-0.15, -0.1) is 54.1 Å². The zero-order valence-electron chi connectivity index (χ0n) is 29.7. The zero-order chi connectivity index (χ0) is 34.1. The van der Waals surface area contributed by atoms with Crippen molar-refractivity contribution in [2.24, 2.45) is 0 Å². The molecule has 7 aromatic rings. The molecular formula is C44H44IrN2OSi-2. The van der Waals surface area contributed by atoms with Crippen LogP contribution in [0.3, 0.4) is 0 Å². The minimum absolute atomic E-state index is 0. The van der Waals surface area contributed by atoms with Crippen LogP contribution in [0.1, 0.15) is 51.7 Å². The van der Waals surface area contributed by atoms with E-state index in [1.807, 2.05) is 36.5 Å². The number of hydrogen-bond donors (Lipinski definition) is 0. The van der Waals surface area contributed by atoms with Crippen molar-refractivity contribution in [3.8, 4) is 33.6 Å². The summed E-state index contributed by atoms with van der Waals surface area (Å²) < 4.78 is 6.35. The average Bonchev–Trinajstić information content (AvgIpc) is 3.46. The van der Waals surface area contributed by atoms with E-state index in [4.69, 9.17) is 4.42 Å². The van der Waals surface area contributed by atoms with Gasteiger partial charge < -0.3 is 14.4 Å². The molecule has 0 saturated carbocycles. The first-order valence-electron chi connectivity index (χ1n) is 16.8. The van der Waals surface area contributed by atoms with Gasteiger partial charge in [0.2, 0.25) is 0 Å². The van der Waals surface area contributed by atoms with Crippen molar-refractivity contribution in [2.75, 3.05) is 0 Å². The molecule has 0 aliphatic rings. The molecule has 0 bridgehead atoms. The molecule has 0 spiro atoms. The Morgan fingerprint density at radius 2 is 1.47 bits per heavy atom. The maximum atomic E-state index is 6.35. The van der Waals surface area contributed by atoms with Crippen LogP contribution in [-0.4, -0.2) is 18.0 Å². The SMILES string of the molecule is CC(C)(C)c1ccnc(-c2[c-]ccc3c2oc2cc(-c4ccccc4)ccc23)c1.CC(C)c1cc(-c2[c-]cccc2)ncc1[Si](C)(C)C.[Ir]. The van der Waals surface area contributed by atoms with Crippen molar-refractivity contribution < 1.29 is 24.5 Å². The number of furan rings is 1. The Hall–Kier alpha value is -4.15. The Bertz CT molecular complexity index is 2180. The smallest absolute Gasteiger partial charge is 0.121 e. The molecule has 0 amide bonds. The third-order valence-electron chi connectivity index (χ3n) is 8.77. The Morgan fingerprint density at radius 1 is 0.714 bits per heavy atom. The number of aromatic nitrogens is 2. The van der Waals surface area contributed by atoms with E-state index in [0.717, 1.165) is 50.0 Å². The van der Waals surface area contributed by atoms with E-state index < -0.39 is 8.07 Å². The largest absolute Gasteiger partial charge is 0.501 e. The van der Waals surface area contributed by atoms with Crippen LogP contribution >= 0.6 is 0 Å². The number of pyridine rings is 2. The minimum Gasteiger partial charge on any atom is -0.501 e. The average molecular weight is 837 g/mol. The predicted octanol–water partition coefficient (Wildman–Crippen LogP) is 11.6. The molecule has 1 radical (unpaired) electrons. The molecule has 0 fully saturated rings. The predicted molar refractivity (Wildman–Crippen MR) is 206 cm³/mol. The minimum atomic E-state index is -1.34. The van der Waals surface area contributed by atoms with E-state index >= 15 is 0 Å². The number of nitrogens with zero attached hydrogens (tertiary/aromatic N) is 2. The normalized spacial score (nSPS) is 11.7. The van der Waals surface area contributed by atoms with Gasteiger partial charge in [0.15, 0.2) is 0 Å². The topological polar surface area (TPSA) is 38.9 Å².